The van der Waals surface area contributed by atoms with Crippen LogP contribution in [0.1, 0.15) is 0 Å². The third kappa shape index (κ3) is 5.50. The highest BCUT2D eigenvalue weighted by Crippen LogP contribution is 2.36. The molecule has 2 saturated heterocycles. The lowest BCUT2D eigenvalue weighted by atomic mass is 10.1. The average Bonchev–Trinajstić information content (AvgIpc) is 2.87. The van der Waals surface area contributed by atoms with Crippen LogP contribution in [0.2, 0.25) is 10.0 Å². The number of halogens is 4. The second-order valence-corrected chi connectivity index (χ2v) is 8.87. The van der Waals surface area contributed by atoms with Crippen LogP contribution in [0.4, 0.5) is 15.9 Å². The summed E-state index contributed by atoms with van der Waals surface area (Å²) in [6.45, 7) is 4.12. The van der Waals surface area contributed by atoms with Crippen LogP contribution in [0, 0.1) is 5.82 Å². The first-order chi connectivity index (χ1) is 16.5. The molecule has 0 aliphatic carbocycles. The summed E-state index contributed by atoms with van der Waals surface area (Å²) < 4.78 is 37.7. The van der Waals surface area contributed by atoms with Gasteiger partial charge in [0.05, 0.1) is 54.2 Å². The number of fused-ring (bicyclic) bond motifs is 2. The highest BCUT2D eigenvalue weighted by Gasteiger charge is 2.31. The van der Waals surface area contributed by atoms with E-state index in [1.165, 1.54) is 18.5 Å². The Morgan fingerprint density at radius 3 is 2.89 bits per heavy atom. The molecule has 35 heavy (non-hydrogen) atoms. The van der Waals surface area contributed by atoms with Crippen molar-refractivity contribution in [2.24, 2.45) is 0 Å². The second kappa shape index (κ2) is 11.3. The first kappa shape index (κ1) is 25.9. The minimum atomic E-state index is -0.664. The van der Waals surface area contributed by atoms with Gasteiger partial charge in [0.1, 0.15) is 24.9 Å². The molecule has 0 unspecified atom stereocenters. The van der Waals surface area contributed by atoms with Gasteiger partial charge >= 0.3 is 0 Å². The molecule has 2 aliphatic rings. The Hall–Kier alpha value is -2.14. The van der Waals surface area contributed by atoms with Crippen molar-refractivity contribution in [3.05, 3.63) is 46.5 Å². The normalized spacial score (nSPS) is 20.1. The van der Waals surface area contributed by atoms with Gasteiger partial charge in [-0.05, 0) is 18.2 Å². The largest absolute Gasteiger partial charge is 0.493 e. The predicted molar refractivity (Wildman–Crippen MR) is 134 cm³/mol. The monoisotopic (exact) mass is 544 g/mol. The van der Waals surface area contributed by atoms with Gasteiger partial charge in [0.15, 0.2) is 17.3 Å². The minimum absolute atomic E-state index is 0. The Bertz CT molecular complexity index is 1210. The molecule has 0 amide bonds. The van der Waals surface area contributed by atoms with Crippen LogP contribution in [0.15, 0.2) is 30.6 Å². The fourth-order valence-electron chi connectivity index (χ4n) is 4.11. The fraction of sp³-hybridized carbons (Fsp3) is 0.391. The van der Waals surface area contributed by atoms with E-state index in [4.69, 9.17) is 42.1 Å². The van der Waals surface area contributed by atoms with E-state index in [1.54, 1.807) is 19.2 Å². The number of anilines is 2. The van der Waals surface area contributed by atoms with E-state index in [0.29, 0.717) is 54.1 Å². The summed E-state index contributed by atoms with van der Waals surface area (Å²) in [4.78, 5) is 11.0. The second-order valence-electron chi connectivity index (χ2n) is 8.08. The van der Waals surface area contributed by atoms with E-state index >= 15 is 0 Å². The van der Waals surface area contributed by atoms with Gasteiger partial charge in [-0.1, -0.05) is 23.2 Å². The fourth-order valence-corrected chi connectivity index (χ4v) is 4.42. The molecule has 1 aromatic heterocycles. The molecule has 3 aromatic rings. The third-order valence-corrected chi connectivity index (χ3v) is 6.73. The van der Waals surface area contributed by atoms with Crippen LogP contribution in [0.3, 0.4) is 0 Å². The number of nitrogens with one attached hydrogen (secondary N) is 1. The lowest BCUT2D eigenvalue weighted by Crippen LogP contribution is -2.56. The van der Waals surface area contributed by atoms with E-state index < -0.39 is 5.82 Å². The summed E-state index contributed by atoms with van der Waals surface area (Å²) >= 11 is 11.8. The Morgan fingerprint density at radius 1 is 1.20 bits per heavy atom. The molecule has 12 heteroatoms. The van der Waals surface area contributed by atoms with Gasteiger partial charge in [0, 0.05) is 24.5 Å². The van der Waals surface area contributed by atoms with Crippen LogP contribution in [0.25, 0.3) is 10.9 Å². The molecule has 2 aliphatic heterocycles. The molecule has 0 spiro atoms. The van der Waals surface area contributed by atoms with E-state index in [2.05, 4.69) is 20.2 Å². The molecule has 8 nitrogen and oxygen atoms in total. The number of ether oxygens (including phenoxy) is 4. The van der Waals surface area contributed by atoms with Gasteiger partial charge in [0.2, 0.25) is 0 Å². The summed E-state index contributed by atoms with van der Waals surface area (Å²) in [6, 6.07) is 6.84. The SMILES string of the molecule is COc1cc2c(Nc3ccc(Cl)c(Cl)c3F)ncnc2cc1OC[C@H]1CN2CCOC[C@H]2CO1.Cl. The molecular formula is C23H24Cl3FN4O4. The van der Waals surface area contributed by atoms with Gasteiger partial charge in [-0.15, -0.1) is 12.4 Å². The van der Waals surface area contributed by atoms with Crippen molar-refractivity contribution >= 4 is 58.0 Å². The number of hydrogen-bond acceptors (Lipinski definition) is 8. The summed E-state index contributed by atoms with van der Waals surface area (Å²) in [5.41, 5.74) is 0.746. The Labute approximate surface area is 218 Å². The van der Waals surface area contributed by atoms with Gasteiger partial charge < -0.3 is 24.3 Å². The first-order valence-electron chi connectivity index (χ1n) is 10.8. The molecule has 188 valence electrons. The maximum absolute atomic E-state index is 14.5. The standard InChI is InChI=1S/C23H23Cl2FN4O4.ClH/c1-31-19-6-15-18(27-12-28-23(15)29-17-3-2-16(24)21(25)22(17)26)7-20(19)34-11-14-8-30-4-5-32-9-13(30)10-33-14;/h2-3,6-7,12-14H,4-5,8-11H2,1H3,(H,27,28,29);1H/t13-,14+;/m0./s1. The summed E-state index contributed by atoms with van der Waals surface area (Å²) in [5, 5.41) is 3.56. The topological polar surface area (TPSA) is 78.0 Å². The molecule has 0 saturated carbocycles. The van der Waals surface area contributed by atoms with Crippen molar-refractivity contribution in [3.8, 4) is 11.5 Å². The average molecular weight is 546 g/mol. The number of hydrogen-bond donors (Lipinski definition) is 1. The van der Waals surface area contributed by atoms with Crippen LogP contribution < -0.4 is 14.8 Å². The number of morpholine rings is 2. The zero-order chi connectivity index (χ0) is 23.7. The van der Waals surface area contributed by atoms with E-state index in [9.17, 15) is 4.39 Å². The summed E-state index contributed by atoms with van der Waals surface area (Å²) in [6.07, 6.45) is 1.33. The van der Waals surface area contributed by atoms with E-state index in [-0.39, 0.29) is 34.2 Å². The van der Waals surface area contributed by atoms with Crippen LogP contribution in [-0.2, 0) is 9.47 Å². The zero-order valence-electron chi connectivity index (χ0n) is 18.8. The highest BCUT2D eigenvalue weighted by atomic mass is 35.5. The van der Waals surface area contributed by atoms with Crippen LogP contribution in [-0.4, -0.2) is 73.6 Å². The molecule has 5 rings (SSSR count). The predicted octanol–water partition coefficient (Wildman–Crippen LogP) is 4.73. The smallest absolute Gasteiger partial charge is 0.166 e. The Kier molecular flexibility index (Phi) is 8.36. The number of nitrogens with zero attached hydrogens (tertiary/aromatic N) is 3. The number of benzene rings is 2. The lowest BCUT2D eigenvalue weighted by molar-refractivity contribution is -0.124. The Morgan fingerprint density at radius 2 is 2.06 bits per heavy atom. The minimum Gasteiger partial charge on any atom is -0.493 e. The van der Waals surface area contributed by atoms with Gasteiger partial charge in [0.25, 0.3) is 0 Å². The summed E-state index contributed by atoms with van der Waals surface area (Å²) in [5.74, 6) is 0.761. The number of aromatic nitrogens is 2. The van der Waals surface area contributed by atoms with Crippen LogP contribution >= 0.6 is 35.6 Å². The maximum atomic E-state index is 14.5. The number of rotatable bonds is 6. The molecule has 3 heterocycles. The zero-order valence-corrected chi connectivity index (χ0v) is 21.1. The number of methoxy groups -OCH3 is 1. The van der Waals surface area contributed by atoms with E-state index in [1.807, 2.05) is 0 Å². The lowest BCUT2D eigenvalue weighted by Gasteiger charge is -2.41. The molecule has 0 radical (unpaired) electrons. The Balaban J connectivity index is 0.00000289. The van der Waals surface area contributed by atoms with Crippen molar-refractivity contribution in [2.75, 3.05) is 51.9 Å². The first-order valence-corrected chi connectivity index (χ1v) is 11.6. The third-order valence-electron chi connectivity index (χ3n) is 5.95. The summed E-state index contributed by atoms with van der Waals surface area (Å²) in [7, 11) is 1.55. The molecule has 0 bridgehead atoms. The van der Waals surface area contributed by atoms with Crippen molar-refractivity contribution in [3.63, 3.8) is 0 Å². The van der Waals surface area contributed by atoms with E-state index in [0.717, 1.165) is 19.7 Å². The highest BCUT2D eigenvalue weighted by molar-refractivity contribution is 6.42. The van der Waals surface area contributed by atoms with Crippen molar-refractivity contribution < 1.29 is 23.3 Å². The quantitative estimate of drug-likeness (QED) is 0.446. The van der Waals surface area contributed by atoms with Gasteiger partial charge in [-0.3, -0.25) is 4.90 Å². The van der Waals surface area contributed by atoms with Crippen molar-refractivity contribution in [1.82, 2.24) is 14.9 Å². The molecule has 2 fully saturated rings. The van der Waals surface area contributed by atoms with Crippen molar-refractivity contribution in [1.29, 1.82) is 0 Å². The van der Waals surface area contributed by atoms with Gasteiger partial charge in [-0.25, -0.2) is 14.4 Å². The maximum Gasteiger partial charge on any atom is 0.166 e. The molecule has 1 N–H and O–H groups in total. The van der Waals surface area contributed by atoms with Crippen molar-refractivity contribution in [2.45, 2.75) is 12.1 Å². The molecule has 2 aromatic carbocycles. The molecule has 2 atom stereocenters. The van der Waals surface area contributed by atoms with Crippen LogP contribution in [0.5, 0.6) is 11.5 Å². The molecular weight excluding hydrogens is 522 g/mol. The van der Waals surface area contributed by atoms with Gasteiger partial charge in [-0.2, -0.15) is 0 Å².